The van der Waals surface area contributed by atoms with Gasteiger partial charge in [0.1, 0.15) is 0 Å². The third-order valence-electron chi connectivity index (χ3n) is 5.96. The van der Waals surface area contributed by atoms with Crippen LogP contribution >= 0.6 is 11.3 Å². The van der Waals surface area contributed by atoms with E-state index in [1.807, 2.05) is 7.05 Å². The number of piperazine rings is 1. The fourth-order valence-corrected chi connectivity index (χ4v) is 4.60. The second-order valence-corrected chi connectivity index (χ2v) is 9.50. The van der Waals surface area contributed by atoms with E-state index < -0.39 is 12.3 Å². The number of alkyl halides is 2. The maximum atomic E-state index is 13.8. The smallest absolute Gasteiger partial charge is 0.264 e. The van der Waals surface area contributed by atoms with Crippen molar-refractivity contribution in [3.05, 3.63) is 76.2 Å². The predicted molar refractivity (Wildman–Crippen MR) is 133 cm³/mol. The summed E-state index contributed by atoms with van der Waals surface area (Å²) in [6.45, 7) is 3.89. The fourth-order valence-electron chi connectivity index (χ4n) is 3.93. The van der Waals surface area contributed by atoms with E-state index in [-0.39, 0.29) is 11.1 Å². The SMILES string of the molecule is CN1CCN(Cc2ccc(C(=O)Nc3ncc(C#Cc4cnn5cccnc45)s3)cc2C(F)F)CC1. The number of fused-ring (bicyclic) bond motifs is 1. The van der Waals surface area contributed by atoms with Crippen LogP contribution < -0.4 is 5.32 Å². The molecular weight excluding hydrogens is 484 g/mol. The van der Waals surface area contributed by atoms with E-state index in [0.29, 0.717) is 33.3 Å². The number of amides is 1. The Morgan fingerprint density at radius 2 is 2.00 bits per heavy atom. The number of anilines is 1. The normalized spacial score (nSPS) is 14.7. The molecular formula is C25H23F2N7OS. The first-order chi connectivity index (χ1) is 17.5. The van der Waals surface area contributed by atoms with Crippen LogP contribution in [0.1, 0.15) is 38.4 Å². The molecule has 4 heterocycles. The second-order valence-electron chi connectivity index (χ2n) is 8.47. The van der Waals surface area contributed by atoms with Crippen LogP contribution in [0.2, 0.25) is 0 Å². The molecule has 1 aliphatic rings. The second kappa shape index (κ2) is 10.5. The van der Waals surface area contributed by atoms with Gasteiger partial charge in [0.2, 0.25) is 0 Å². The van der Waals surface area contributed by atoms with Crippen molar-refractivity contribution < 1.29 is 13.6 Å². The molecule has 184 valence electrons. The van der Waals surface area contributed by atoms with Gasteiger partial charge in [0.25, 0.3) is 12.3 Å². The molecule has 1 N–H and O–H groups in total. The molecule has 4 aromatic rings. The average molecular weight is 508 g/mol. The highest BCUT2D eigenvalue weighted by Gasteiger charge is 2.20. The molecule has 36 heavy (non-hydrogen) atoms. The quantitative estimate of drug-likeness (QED) is 0.417. The van der Waals surface area contributed by atoms with Crippen molar-refractivity contribution >= 4 is 28.0 Å². The molecule has 3 aromatic heterocycles. The predicted octanol–water partition coefficient (Wildman–Crippen LogP) is 3.52. The summed E-state index contributed by atoms with van der Waals surface area (Å²) in [5.41, 5.74) is 1.90. The first-order valence-electron chi connectivity index (χ1n) is 11.4. The van der Waals surface area contributed by atoms with Crippen molar-refractivity contribution in [2.75, 3.05) is 38.5 Å². The first kappa shape index (κ1) is 24.0. The number of hydrogen-bond donors (Lipinski definition) is 1. The first-order valence-corrected chi connectivity index (χ1v) is 12.2. The molecule has 0 unspecified atom stereocenters. The third kappa shape index (κ3) is 5.41. The lowest BCUT2D eigenvalue weighted by atomic mass is 10.0. The van der Waals surface area contributed by atoms with E-state index in [1.165, 1.54) is 17.4 Å². The third-order valence-corrected chi connectivity index (χ3v) is 6.79. The fraction of sp³-hybridized carbons (Fsp3) is 0.280. The Kier molecular flexibility index (Phi) is 6.99. The topological polar surface area (TPSA) is 78.7 Å². The van der Waals surface area contributed by atoms with Crippen molar-refractivity contribution in [2.24, 2.45) is 0 Å². The zero-order chi connectivity index (χ0) is 25.1. The van der Waals surface area contributed by atoms with Crippen molar-refractivity contribution in [3.63, 3.8) is 0 Å². The highest BCUT2D eigenvalue weighted by Crippen LogP contribution is 2.27. The lowest BCUT2D eigenvalue weighted by Crippen LogP contribution is -2.44. The van der Waals surface area contributed by atoms with E-state index in [0.717, 1.165) is 26.2 Å². The van der Waals surface area contributed by atoms with E-state index >= 15 is 0 Å². The van der Waals surface area contributed by atoms with Crippen molar-refractivity contribution in [3.8, 4) is 11.8 Å². The maximum absolute atomic E-state index is 13.8. The molecule has 0 atom stereocenters. The molecule has 0 radical (unpaired) electrons. The largest absolute Gasteiger partial charge is 0.304 e. The summed E-state index contributed by atoms with van der Waals surface area (Å²) in [6, 6.07) is 6.26. The standard InChI is InChI=1S/C25H23F2N7OS/c1-32-9-11-33(12-10-32)16-19-4-3-17(13-21(19)22(26)27)24(35)31-25-29-15-20(36-25)6-5-18-14-30-34-8-2-7-28-23(18)34/h2-4,7-8,13-15,22H,9-12,16H2,1H3,(H,29,31,35). The number of benzene rings is 1. The van der Waals surface area contributed by atoms with Crippen LogP contribution in [0.3, 0.4) is 0 Å². The molecule has 0 saturated carbocycles. The number of nitrogens with zero attached hydrogens (tertiary/aromatic N) is 6. The molecule has 5 rings (SSSR count). The van der Waals surface area contributed by atoms with Gasteiger partial charge in [-0.05, 0) is 36.7 Å². The summed E-state index contributed by atoms with van der Waals surface area (Å²) in [4.78, 5) is 26.2. The number of aromatic nitrogens is 4. The van der Waals surface area contributed by atoms with Crippen LogP contribution in [0.15, 0.2) is 49.1 Å². The van der Waals surface area contributed by atoms with Gasteiger partial charge in [-0.2, -0.15) is 5.10 Å². The summed E-state index contributed by atoms with van der Waals surface area (Å²) < 4.78 is 29.3. The molecule has 1 aromatic carbocycles. The van der Waals surface area contributed by atoms with Crippen LogP contribution in [-0.2, 0) is 6.54 Å². The minimum atomic E-state index is -2.67. The zero-order valence-electron chi connectivity index (χ0n) is 19.5. The van der Waals surface area contributed by atoms with Gasteiger partial charge in [-0.3, -0.25) is 15.0 Å². The van der Waals surface area contributed by atoms with Gasteiger partial charge in [-0.25, -0.2) is 23.3 Å². The highest BCUT2D eigenvalue weighted by molar-refractivity contribution is 7.16. The van der Waals surface area contributed by atoms with E-state index in [2.05, 4.69) is 42.0 Å². The van der Waals surface area contributed by atoms with Crippen molar-refractivity contribution in [2.45, 2.75) is 13.0 Å². The van der Waals surface area contributed by atoms with Gasteiger partial charge < -0.3 is 4.90 Å². The molecule has 11 heteroatoms. The molecule has 1 saturated heterocycles. The number of carbonyl (C=O) groups is 1. The number of carbonyl (C=O) groups excluding carboxylic acids is 1. The molecule has 0 spiro atoms. The molecule has 0 aliphatic carbocycles. The van der Waals surface area contributed by atoms with E-state index in [1.54, 1.807) is 47.5 Å². The molecule has 1 aliphatic heterocycles. The van der Waals surface area contributed by atoms with Crippen molar-refractivity contribution in [1.29, 1.82) is 0 Å². The lowest BCUT2D eigenvalue weighted by molar-refractivity contribution is 0.102. The van der Waals surface area contributed by atoms with Crippen molar-refractivity contribution in [1.82, 2.24) is 29.4 Å². The Hall–Kier alpha value is -3.72. The zero-order valence-corrected chi connectivity index (χ0v) is 20.3. The number of nitrogens with one attached hydrogen (secondary N) is 1. The molecule has 1 fully saturated rings. The molecule has 8 nitrogen and oxygen atoms in total. The Balaban J connectivity index is 1.27. The van der Waals surface area contributed by atoms with Crippen LogP contribution in [0.5, 0.6) is 0 Å². The highest BCUT2D eigenvalue weighted by atomic mass is 32.1. The minimum Gasteiger partial charge on any atom is -0.304 e. The van der Waals surface area contributed by atoms with Crippen LogP contribution in [-0.4, -0.2) is 68.5 Å². The summed E-state index contributed by atoms with van der Waals surface area (Å²) in [5, 5.41) is 7.21. The number of hydrogen-bond acceptors (Lipinski definition) is 7. The maximum Gasteiger partial charge on any atom is 0.264 e. The summed E-state index contributed by atoms with van der Waals surface area (Å²) in [6.07, 6.45) is 3.97. The number of halogens is 2. The van der Waals surface area contributed by atoms with Gasteiger partial charge in [0.15, 0.2) is 10.8 Å². The lowest BCUT2D eigenvalue weighted by Gasteiger charge is -2.32. The Labute approximate surface area is 210 Å². The van der Waals surface area contributed by atoms with Gasteiger partial charge >= 0.3 is 0 Å². The summed E-state index contributed by atoms with van der Waals surface area (Å²) in [7, 11) is 2.05. The Morgan fingerprint density at radius 1 is 1.17 bits per heavy atom. The number of rotatable bonds is 5. The Bertz CT molecular complexity index is 1450. The number of likely N-dealkylation sites (N-methyl/N-ethyl adjacent to an activating group) is 1. The van der Waals surface area contributed by atoms with Crippen LogP contribution in [0, 0.1) is 11.8 Å². The van der Waals surface area contributed by atoms with Gasteiger partial charge in [-0.1, -0.05) is 23.3 Å². The molecule has 1 amide bonds. The summed E-state index contributed by atoms with van der Waals surface area (Å²) >= 11 is 1.20. The van der Waals surface area contributed by atoms with Gasteiger partial charge in [0.05, 0.1) is 22.8 Å². The van der Waals surface area contributed by atoms with E-state index in [9.17, 15) is 13.6 Å². The van der Waals surface area contributed by atoms with E-state index in [4.69, 9.17) is 0 Å². The van der Waals surface area contributed by atoms with Crippen LogP contribution in [0.25, 0.3) is 5.65 Å². The van der Waals surface area contributed by atoms with Gasteiger partial charge in [0, 0.05) is 56.2 Å². The Morgan fingerprint density at radius 3 is 2.81 bits per heavy atom. The number of thiazole rings is 1. The molecule has 0 bridgehead atoms. The van der Waals surface area contributed by atoms with Gasteiger partial charge in [-0.15, -0.1) is 0 Å². The average Bonchev–Trinajstić information content (AvgIpc) is 3.51. The minimum absolute atomic E-state index is 0.116. The summed E-state index contributed by atoms with van der Waals surface area (Å²) in [5.74, 6) is 5.52. The van der Waals surface area contributed by atoms with Crippen LogP contribution in [0.4, 0.5) is 13.9 Å². The monoisotopic (exact) mass is 507 g/mol.